The molecule has 9 heavy (non-hydrogen) atoms. The van der Waals surface area contributed by atoms with Crippen molar-refractivity contribution in [2.75, 3.05) is 6.54 Å². The van der Waals surface area contributed by atoms with Crippen molar-refractivity contribution in [3.05, 3.63) is 0 Å². The van der Waals surface area contributed by atoms with Gasteiger partial charge in [0.15, 0.2) is 0 Å². The van der Waals surface area contributed by atoms with Gasteiger partial charge in [-0.05, 0) is 43.1 Å². The lowest BCUT2D eigenvalue weighted by molar-refractivity contribution is 0.317. The Morgan fingerprint density at radius 2 is 1.78 bits per heavy atom. The first kappa shape index (κ1) is 5.72. The van der Waals surface area contributed by atoms with E-state index >= 15 is 0 Å². The van der Waals surface area contributed by atoms with Crippen LogP contribution in [0.5, 0.6) is 0 Å². The molecule has 0 amide bonds. The molecule has 0 aromatic rings. The molecular formula is C8H15N. The third-order valence-electron chi connectivity index (χ3n) is 3.52. The average molecular weight is 125 g/mol. The first-order valence-electron chi connectivity index (χ1n) is 3.93. The Hall–Kier alpha value is -0.0400. The number of hydrogen-bond donors (Lipinski definition) is 1. The highest BCUT2D eigenvalue weighted by Gasteiger charge is 2.61. The van der Waals surface area contributed by atoms with Gasteiger partial charge in [-0.2, -0.15) is 0 Å². The van der Waals surface area contributed by atoms with Crippen molar-refractivity contribution in [1.29, 1.82) is 0 Å². The molecule has 0 bridgehead atoms. The highest BCUT2D eigenvalue weighted by Crippen LogP contribution is 2.69. The van der Waals surface area contributed by atoms with Crippen molar-refractivity contribution < 1.29 is 0 Å². The first-order valence-corrected chi connectivity index (χ1v) is 3.93. The van der Waals surface area contributed by atoms with E-state index < -0.39 is 0 Å². The van der Waals surface area contributed by atoms with Gasteiger partial charge in [-0.3, -0.25) is 0 Å². The van der Waals surface area contributed by atoms with Gasteiger partial charge >= 0.3 is 0 Å². The van der Waals surface area contributed by atoms with Crippen molar-refractivity contribution >= 4 is 0 Å². The predicted molar refractivity (Wildman–Crippen MR) is 38.1 cm³/mol. The molecule has 0 unspecified atom stereocenters. The Morgan fingerprint density at radius 1 is 1.22 bits per heavy atom. The molecule has 0 spiro atoms. The van der Waals surface area contributed by atoms with Gasteiger partial charge in [0.25, 0.3) is 0 Å². The van der Waals surface area contributed by atoms with Gasteiger partial charge in [-0.15, -0.1) is 0 Å². The Balaban J connectivity index is 2.11. The smallest absolute Gasteiger partial charge is 0.00153 e. The van der Waals surface area contributed by atoms with E-state index in [1.165, 1.54) is 25.7 Å². The molecule has 0 atom stereocenters. The first-order chi connectivity index (χ1) is 4.22. The van der Waals surface area contributed by atoms with Crippen molar-refractivity contribution in [3.63, 3.8) is 0 Å². The molecule has 2 N–H and O–H groups in total. The summed E-state index contributed by atoms with van der Waals surface area (Å²) in [7, 11) is 0. The van der Waals surface area contributed by atoms with Crippen LogP contribution in [-0.4, -0.2) is 6.54 Å². The van der Waals surface area contributed by atoms with Crippen molar-refractivity contribution in [1.82, 2.24) is 0 Å². The van der Waals surface area contributed by atoms with E-state index in [2.05, 4.69) is 6.92 Å². The van der Waals surface area contributed by atoms with Crippen LogP contribution in [-0.2, 0) is 0 Å². The minimum Gasteiger partial charge on any atom is -0.330 e. The van der Waals surface area contributed by atoms with E-state index in [1.807, 2.05) is 0 Å². The molecule has 0 aliphatic heterocycles. The van der Waals surface area contributed by atoms with Crippen molar-refractivity contribution in [3.8, 4) is 0 Å². The van der Waals surface area contributed by atoms with Crippen LogP contribution in [0.3, 0.4) is 0 Å². The third-order valence-corrected chi connectivity index (χ3v) is 3.52. The minimum atomic E-state index is 0.618. The van der Waals surface area contributed by atoms with Crippen LogP contribution < -0.4 is 5.73 Å². The van der Waals surface area contributed by atoms with Crippen LogP contribution in [0.15, 0.2) is 0 Å². The highest BCUT2D eigenvalue weighted by molar-refractivity contribution is 5.12. The summed E-state index contributed by atoms with van der Waals surface area (Å²) in [5.41, 5.74) is 7.00. The fourth-order valence-corrected chi connectivity index (χ4v) is 1.92. The summed E-state index contributed by atoms with van der Waals surface area (Å²) in [5, 5.41) is 0. The maximum Gasteiger partial charge on any atom is -0.00153 e. The van der Waals surface area contributed by atoms with Crippen LogP contribution >= 0.6 is 0 Å². The second kappa shape index (κ2) is 1.34. The Labute approximate surface area is 56.6 Å². The summed E-state index contributed by atoms with van der Waals surface area (Å²) in [6.07, 6.45) is 5.67. The van der Waals surface area contributed by atoms with Gasteiger partial charge in [0.05, 0.1) is 0 Å². The second-order valence-corrected chi connectivity index (χ2v) is 4.05. The summed E-state index contributed by atoms with van der Waals surface area (Å²) in [6, 6.07) is 0. The van der Waals surface area contributed by atoms with Crippen LogP contribution in [0.25, 0.3) is 0 Å². The third kappa shape index (κ3) is 0.586. The lowest BCUT2D eigenvalue weighted by Gasteiger charge is -2.19. The molecule has 2 rings (SSSR count). The molecule has 2 aliphatic rings. The molecule has 1 heteroatoms. The lowest BCUT2D eigenvalue weighted by Crippen LogP contribution is -2.23. The van der Waals surface area contributed by atoms with Crippen molar-refractivity contribution in [2.24, 2.45) is 16.6 Å². The zero-order valence-electron chi connectivity index (χ0n) is 6.11. The van der Waals surface area contributed by atoms with Crippen LogP contribution in [0.4, 0.5) is 0 Å². The second-order valence-electron chi connectivity index (χ2n) is 4.05. The van der Waals surface area contributed by atoms with Crippen LogP contribution in [0.1, 0.15) is 32.6 Å². The zero-order chi connectivity index (χ0) is 6.54. The highest BCUT2D eigenvalue weighted by atomic mass is 14.7. The standard InChI is InChI=1S/C8H15N/c1-7(2-3-7)8(6-9)4-5-8/h2-6,9H2,1H3. The minimum absolute atomic E-state index is 0.618. The maximum absolute atomic E-state index is 5.69. The molecule has 2 fully saturated rings. The van der Waals surface area contributed by atoms with Gasteiger partial charge in [-0.1, -0.05) is 6.92 Å². The normalized spacial score (nSPS) is 34.0. The zero-order valence-corrected chi connectivity index (χ0v) is 6.11. The fourth-order valence-electron chi connectivity index (χ4n) is 1.92. The SMILES string of the molecule is CC1(C2(CN)CC2)CC1. The summed E-state index contributed by atoms with van der Waals surface area (Å²) in [4.78, 5) is 0. The average Bonchev–Trinajstić information content (AvgIpc) is 2.61. The summed E-state index contributed by atoms with van der Waals surface area (Å²) >= 11 is 0. The summed E-state index contributed by atoms with van der Waals surface area (Å²) in [5.74, 6) is 0. The van der Waals surface area contributed by atoms with Gasteiger partial charge in [-0.25, -0.2) is 0 Å². The number of rotatable bonds is 2. The monoisotopic (exact) mass is 125 g/mol. The predicted octanol–water partition coefficient (Wildman–Crippen LogP) is 1.53. The van der Waals surface area contributed by atoms with Crippen molar-refractivity contribution in [2.45, 2.75) is 32.6 Å². The van der Waals surface area contributed by atoms with Gasteiger partial charge in [0.2, 0.25) is 0 Å². The summed E-state index contributed by atoms with van der Waals surface area (Å²) in [6.45, 7) is 3.33. The molecule has 52 valence electrons. The van der Waals surface area contributed by atoms with Gasteiger partial charge < -0.3 is 5.73 Å². The number of nitrogens with two attached hydrogens (primary N) is 1. The molecule has 0 aromatic carbocycles. The van der Waals surface area contributed by atoms with Crippen LogP contribution in [0.2, 0.25) is 0 Å². The molecule has 1 nitrogen and oxygen atoms in total. The van der Waals surface area contributed by atoms with E-state index in [4.69, 9.17) is 5.73 Å². The van der Waals surface area contributed by atoms with E-state index in [0.29, 0.717) is 10.8 Å². The molecule has 0 saturated heterocycles. The molecule has 0 radical (unpaired) electrons. The van der Waals surface area contributed by atoms with E-state index in [-0.39, 0.29) is 0 Å². The molecule has 2 aliphatic carbocycles. The topological polar surface area (TPSA) is 26.0 Å². The number of hydrogen-bond acceptors (Lipinski definition) is 1. The summed E-state index contributed by atoms with van der Waals surface area (Å²) < 4.78 is 0. The van der Waals surface area contributed by atoms with E-state index in [0.717, 1.165) is 6.54 Å². The maximum atomic E-state index is 5.69. The molecule has 0 heterocycles. The Bertz CT molecular complexity index is 132. The van der Waals surface area contributed by atoms with Crippen LogP contribution in [0, 0.1) is 10.8 Å². The quantitative estimate of drug-likeness (QED) is 0.595. The Kier molecular flexibility index (Phi) is 0.852. The Morgan fingerprint density at radius 3 is 1.89 bits per heavy atom. The van der Waals surface area contributed by atoms with E-state index in [1.54, 1.807) is 0 Å². The van der Waals surface area contributed by atoms with Gasteiger partial charge in [0, 0.05) is 0 Å². The molecule has 0 aromatic heterocycles. The van der Waals surface area contributed by atoms with E-state index in [9.17, 15) is 0 Å². The largest absolute Gasteiger partial charge is 0.330 e. The molecule has 2 saturated carbocycles. The van der Waals surface area contributed by atoms with Gasteiger partial charge in [0.1, 0.15) is 0 Å². The molecular weight excluding hydrogens is 110 g/mol. The lowest BCUT2D eigenvalue weighted by atomic mass is 9.88. The fraction of sp³-hybridized carbons (Fsp3) is 1.00.